The van der Waals surface area contributed by atoms with Crippen molar-refractivity contribution < 1.29 is 22.4 Å². The number of carbonyl (C=O) groups excluding carboxylic acids is 1. The zero-order valence-corrected chi connectivity index (χ0v) is 27.7. The SMILES string of the molecule is COc1cc2c3c4c(cn(S(=O)(=O)c5ccc(C)cc5)c14)CCN3[C@@H]1C[C@]23SC(O[Si](C)(C)C(C)(C)C)=CC3=CC1=O. The van der Waals surface area contributed by atoms with Gasteiger partial charge in [0.1, 0.15) is 16.4 Å². The van der Waals surface area contributed by atoms with Crippen molar-refractivity contribution in [2.45, 2.75) is 74.4 Å². The van der Waals surface area contributed by atoms with Gasteiger partial charge in [-0.3, -0.25) is 4.79 Å². The van der Waals surface area contributed by atoms with Crippen molar-refractivity contribution in [3.8, 4) is 5.75 Å². The summed E-state index contributed by atoms with van der Waals surface area (Å²) in [5.41, 5.74) is 5.44. The van der Waals surface area contributed by atoms with Crippen molar-refractivity contribution in [2.75, 3.05) is 18.6 Å². The molecule has 0 radical (unpaired) electrons. The van der Waals surface area contributed by atoms with Crippen LogP contribution in [0.4, 0.5) is 5.69 Å². The number of carbonyl (C=O) groups is 1. The van der Waals surface area contributed by atoms with Crippen molar-refractivity contribution in [3.63, 3.8) is 0 Å². The van der Waals surface area contributed by atoms with E-state index in [0.29, 0.717) is 30.7 Å². The van der Waals surface area contributed by atoms with Crippen LogP contribution in [-0.4, -0.2) is 46.2 Å². The van der Waals surface area contributed by atoms with E-state index >= 15 is 0 Å². The lowest BCUT2D eigenvalue weighted by Gasteiger charge is -2.50. The second-order valence-corrected chi connectivity index (χ2v) is 21.2. The fraction of sp³-hybridized carbons (Fsp3) is 0.406. The average molecular weight is 621 g/mol. The summed E-state index contributed by atoms with van der Waals surface area (Å²) >= 11 is 1.70. The molecular formula is C32H36N2O5S2Si. The molecule has 42 heavy (non-hydrogen) atoms. The van der Waals surface area contributed by atoms with Crippen LogP contribution in [0.3, 0.4) is 0 Å². The number of thioether (sulfide) groups is 1. The van der Waals surface area contributed by atoms with Gasteiger partial charge in [0.15, 0.2) is 5.78 Å². The fourth-order valence-corrected chi connectivity index (χ4v) is 10.9. The van der Waals surface area contributed by atoms with Crippen molar-refractivity contribution in [1.82, 2.24) is 3.97 Å². The van der Waals surface area contributed by atoms with Gasteiger partial charge in [0.2, 0.25) is 0 Å². The first-order valence-electron chi connectivity index (χ1n) is 14.4. The van der Waals surface area contributed by atoms with Gasteiger partial charge in [-0.15, -0.1) is 0 Å². The summed E-state index contributed by atoms with van der Waals surface area (Å²) < 4.78 is 41.7. The van der Waals surface area contributed by atoms with Crippen LogP contribution in [0.2, 0.25) is 18.1 Å². The Morgan fingerprint density at radius 2 is 1.83 bits per heavy atom. The molecule has 1 aliphatic carbocycles. The number of anilines is 1. The minimum absolute atomic E-state index is 0.0325. The third-order valence-electron chi connectivity index (χ3n) is 9.85. The molecule has 10 heteroatoms. The molecule has 0 amide bonds. The number of benzene rings is 2. The van der Waals surface area contributed by atoms with Gasteiger partial charge in [0.05, 0.1) is 28.5 Å². The van der Waals surface area contributed by atoms with E-state index in [1.165, 1.54) is 3.97 Å². The van der Waals surface area contributed by atoms with Gasteiger partial charge >= 0.3 is 0 Å². The zero-order chi connectivity index (χ0) is 30.0. The van der Waals surface area contributed by atoms with Gasteiger partial charge < -0.3 is 14.1 Å². The van der Waals surface area contributed by atoms with Gasteiger partial charge in [-0.2, -0.15) is 0 Å². The summed E-state index contributed by atoms with van der Waals surface area (Å²) in [6, 6.07) is 8.62. The van der Waals surface area contributed by atoms with Crippen molar-refractivity contribution in [2.24, 2.45) is 0 Å². The van der Waals surface area contributed by atoms with Gasteiger partial charge in [-0.05, 0) is 79.4 Å². The highest BCUT2D eigenvalue weighted by Gasteiger charge is 2.56. The van der Waals surface area contributed by atoms with E-state index < -0.39 is 23.1 Å². The van der Waals surface area contributed by atoms with Crippen LogP contribution in [0, 0.1) is 6.92 Å². The molecule has 0 saturated heterocycles. The maximum atomic E-state index is 14.0. The Balaban J connectivity index is 1.45. The Labute approximate surface area is 252 Å². The highest BCUT2D eigenvalue weighted by molar-refractivity contribution is 8.04. The predicted molar refractivity (Wildman–Crippen MR) is 170 cm³/mol. The first-order valence-corrected chi connectivity index (χ1v) is 19.5. The van der Waals surface area contributed by atoms with Crippen LogP contribution in [0.5, 0.6) is 5.75 Å². The Kier molecular flexibility index (Phi) is 5.83. The lowest BCUT2D eigenvalue weighted by molar-refractivity contribution is -0.116. The van der Waals surface area contributed by atoms with E-state index in [2.05, 4.69) is 44.8 Å². The minimum Gasteiger partial charge on any atom is -0.539 e. The number of aromatic nitrogens is 1. The second-order valence-electron chi connectivity index (χ2n) is 13.4. The van der Waals surface area contributed by atoms with Crippen LogP contribution < -0.4 is 9.64 Å². The molecule has 7 nitrogen and oxygen atoms in total. The third-order valence-corrected chi connectivity index (χ3v) is 17.4. The van der Waals surface area contributed by atoms with Crippen LogP contribution in [-0.2, 0) is 30.4 Å². The maximum absolute atomic E-state index is 14.0. The molecule has 0 N–H and O–H groups in total. The Bertz CT molecular complexity index is 1860. The first kappa shape index (κ1) is 27.9. The Morgan fingerprint density at radius 1 is 1.12 bits per heavy atom. The van der Waals surface area contributed by atoms with Gasteiger partial charge in [0, 0.05) is 23.7 Å². The highest BCUT2D eigenvalue weighted by Crippen LogP contribution is 2.65. The number of rotatable bonds is 5. The number of allylic oxidation sites excluding steroid dienone is 1. The molecule has 0 fully saturated rings. The van der Waals surface area contributed by atoms with Crippen molar-refractivity contribution in [3.05, 3.63) is 76.0 Å². The summed E-state index contributed by atoms with van der Waals surface area (Å²) in [4.78, 5) is 16.1. The monoisotopic (exact) mass is 620 g/mol. The van der Waals surface area contributed by atoms with Crippen LogP contribution >= 0.6 is 11.8 Å². The molecule has 3 aromatic rings. The first-order chi connectivity index (χ1) is 19.7. The largest absolute Gasteiger partial charge is 0.539 e. The number of hydrogen-bond acceptors (Lipinski definition) is 7. The number of aryl methyl sites for hydroxylation is 1. The average Bonchev–Trinajstić information content (AvgIpc) is 3.47. The van der Waals surface area contributed by atoms with Crippen LogP contribution in [0.15, 0.2) is 64.2 Å². The molecule has 2 bridgehead atoms. The molecule has 1 aromatic heterocycles. The summed E-state index contributed by atoms with van der Waals surface area (Å²) in [6.45, 7) is 13.7. The summed E-state index contributed by atoms with van der Waals surface area (Å²) in [6.07, 6.45) is 6.92. The molecule has 1 spiro atoms. The Hall–Kier alpha value is -2.95. The van der Waals surface area contributed by atoms with E-state index in [0.717, 1.165) is 38.4 Å². The number of fused-ring (bicyclic) bond motifs is 2. The van der Waals surface area contributed by atoms with E-state index in [9.17, 15) is 13.2 Å². The van der Waals surface area contributed by atoms with E-state index in [1.807, 2.05) is 31.2 Å². The summed E-state index contributed by atoms with van der Waals surface area (Å²) in [5, 5.41) is 1.76. The number of ketones is 1. The van der Waals surface area contributed by atoms with Crippen molar-refractivity contribution in [1.29, 1.82) is 0 Å². The summed E-state index contributed by atoms with van der Waals surface area (Å²) in [5.74, 6) is 0.604. The molecule has 7 rings (SSSR count). The standard InChI is InChI=1S/C32H36N2O5S2Si/c1-19-8-10-22(11-9-19)41(36,37)34-18-20-12-13-33-24-17-32(23-16-26(38-5)30(34)28(20)29(23)33)21(14-25(24)35)15-27(40-32)39-42(6,7)31(2,3)4/h8-11,14-16,18,24H,12-13,17H2,1-7H3/t24-,32-/m1/s1. The minimum atomic E-state index is -3.90. The lowest BCUT2D eigenvalue weighted by Crippen LogP contribution is -2.53. The maximum Gasteiger partial charge on any atom is 0.268 e. The quantitative estimate of drug-likeness (QED) is 0.296. The number of nitrogens with zero attached hydrogens (tertiary/aromatic N) is 2. The molecule has 2 atom stereocenters. The van der Waals surface area contributed by atoms with E-state index in [4.69, 9.17) is 9.16 Å². The third kappa shape index (κ3) is 3.70. The predicted octanol–water partition coefficient (Wildman–Crippen LogP) is 6.64. The van der Waals surface area contributed by atoms with E-state index in [1.54, 1.807) is 37.2 Å². The molecule has 220 valence electrons. The van der Waals surface area contributed by atoms with Crippen LogP contribution in [0.1, 0.15) is 43.9 Å². The normalized spacial score (nSPS) is 23.1. The molecular weight excluding hydrogens is 585 g/mol. The zero-order valence-electron chi connectivity index (χ0n) is 25.1. The second kappa shape index (κ2) is 8.80. The van der Waals surface area contributed by atoms with Crippen LogP contribution in [0.25, 0.3) is 10.9 Å². The molecule has 4 heterocycles. The molecule has 0 unspecified atom stereocenters. The Morgan fingerprint density at radius 3 is 2.50 bits per heavy atom. The van der Waals surface area contributed by atoms with Gasteiger partial charge in [-0.25, -0.2) is 12.4 Å². The number of methoxy groups -OCH3 is 1. The van der Waals surface area contributed by atoms with Gasteiger partial charge in [-0.1, -0.05) is 50.2 Å². The number of ether oxygens (including phenoxy) is 1. The smallest absolute Gasteiger partial charge is 0.268 e. The van der Waals surface area contributed by atoms with E-state index in [-0.39, 0.29) is 21.8 Å². The number of hydrogen-bond donors (Lipinski definition) is 0. The highest BCUT2D eigenvalue weighted by atomic mass is 32.2. The molecule has 2 aromatic carbocycles. The molecule has 0 saturated carbocycles. The topological polar surface area (TPSA) is 77.8 Å². The lowest BCUT2D eigenvalue weighted by atomic mass is 9.72. The molecule has 4 aliphatic rings. The van der Waals surface area contributed by atoms with Gasteiger partial charge in [0.25, 0.3) is 18.3 Å². The molecule has 3 aliphatic heterocycles. The summed E-state index contributed by atoms with van der Waals surface area (Å²) in [7, 11) is -4.42. The van der Waals surface area contributed by atoms with Crippen molar-refractivity contribution >= 4 is 52.5 Å². The fourth-order valence-electron chi connectivity index (χ4n) is 6.54.